The molecule has 1 aromatic rings. The number of anilines is 1. The predicted molar refractivity (Wildman–Crippen MR) is 69.9 cm³/mol. The molecule has 1 aliphatic heterocycles. The summed E-state index contributed by atoms with van der Waals surface area (Å²) in [6.07, 6.45) is 0.358. The second kappa shape index (κ2) is 5.40. The maximum atomic E-state index is 12.0. The Labute approximate surface area is 111 Å². The van der Waals surface area contributed by atoms with Gasteiger partial charge in [0.15, 0.2) is 0 Å². The molecule has 0 radical (unpaired) electrons. The maximum absolute atomic E-state index is 12.0. The molecular formula is C14H17NO4. The van der Waals surface area contributed by atoms with Crippen LogP contribution in [0, 0.1) is 5.92 Å². The first-order valence-corrected chi connectivity index (χ1v) is 6.19. The van der Waals surface area contributed by atoms with Crippen LogP contribution in [0.15, 0.2) is 24.3 Å². The molecule has 2 rings (SSSR count). The van der Waals surface area contributed by atoms with Crippen LogP contribution in [0.4, 0.5) is 5.69 Å². The van der Waals surface area contributed by atoms with Crippen molar-refractivity contribution in [3.63, 3.8) is 0 Å². The van der Waals surface area contributed by atoms with Crippen molar-refractivity contribution >= 4 is 17.6 Å². The van der Waals surface area contributed by atoms with Crippen LogP contribution in [-0.4, -0.2) is 36.7 Å². The van der Waals surface area contributed by atoms with Gasteiger partial charge in [-0.3, -0.25) is 4.79 Å². The number of rotatable bonds is 3. The third kappa shape index (κ3) is 2.46. The zero-order valence-electron chi connectivity index (χ0n) is 11.0. The third-order valence-electron chi connectivity index (χ3n) is 3.60. The highest BCUT2D eigenvalue weighted by molar-refractivity contribution is 5.97. The SMILES string of the molecule is COC(=O)c1ccc(N2C(=O)CC(CO)C2C)cc1. The van der Waals surface area contributed by atoms with Gasteiger partial charge in [-0.2, -0.15) is 0 Å². The lowest BCUT2D eigenvalue weighted by Gasteiger charge is -2.24. The normalized spacial score (nSPS) is 22.7. The fourth-order valence-corrected chi connectivity index (χ4v) is 2.40. The first-order chi connectivity index (χ1) is 9.08. The Morgan fingerprint density at radius 1 is 1.42 bits per heavy atom. The number of nitrogens with zero attached hydrogens (tertiary/aromatic N) is 1. The van der Waals surface area contributed by atoms with Crippen LogP contribution in [0.5, 0.6) is 0 Å². The second-order valence-electron chi connectivity index (χ2n) is 4.69. The molecule has 102 valence electrons. The molecule has 0 bridgehead atoms. The van der Waals surface area contributed by atoms with Crippen molar-refractivity contribution in [2.24, 2.45) is 5.92 Å². The van der Waals surface area contributed by atoms with Crippen LogP contribution in [0.2, 0.25) is 0 Å². The van der Waals surface area contributed by atoms with Crippen LogP contribution in [0.3, 0.4) is 0 Å². The first kappa shape index (κ1) is 13.5. The summed E-state index contributed by atoms with van der Waals surface area (Å²) in [5.74, 6) is -0.439. The van der Waals surface area contributed by atoms with E-state index in [1.54, 1.807) is 29.2 Å². The Bertz CT molecular complexity index is 483. The van der Waals surface area contributed by atoms with Crippen molar-refractivity contribution in [3.8, 4) is 0 Å². The largest absolute Gasteiger partial charge is 0.465 e. The first-order valence-electron chi connectivity index (χ1n) is 6.19. The lowest BCUT2D eigenvalue weighted by atomic mass is 10.0. The Kier molecular flexibility index (Phi) is 3.85. The van der Waals surface area contributed by atoms with Gasteiger partial charge in [-0.1, -0.05) is 0 Å². The number of carbonyl (C=O) groups is 2. The number of carbonyl (C=O) groups excluding carboxylic acids is 2. The molecule has 1 heterocycles. The molecule has 1 N–H and O–H groups in total. The van der Waals surface area contributed by atoms with Gasteiger partial charge in [0, 0.05) is 30.7 Å². The zero-order chi connectivity index (χ0) is 14.0. The molecule has 0 aliphatic carbocycles. The predicted octanol–water partition coefficient (Wildman–Crippen LogP) is 1.21. The molecule has 5 nitrogen and oxygen atoms in total. The van der Waals surface area contributed by atoms with E-state index in [-0.39, 0.29) is 24.5 Å². The molecule has 0 aromatic heterocycles. The van der Waals surface area contributed by atoms with Gasteiger partial charge >= 0.3 is 5.97 Å². The summed E-state index contributed by atoms with van der Waals surface area (Å²) in [5, 5.41) is 9.23. The molecule has 2 unspecified atom stereocenters. The van der Waals surface area contributed by atoms with E-state index < -0.39 is 5.97 Å². The van der Waals surface area contributed by atoms with Crippen molar-refractivity contribution in [2.45, 2.75) is 19.4 Å². The number of methoxy groups -OCH3 is 1. The molecule has 1 aromatic carbocycles. The molecular weight excluding hydrogens is 246 g/mol. The molecule has 0 spiro atoms. The van der Waals surface area contributed by atoms with Crippen LogP contribution < -0.4 is 4.90 Å². The molecule has 1 aliphatic rings. The summed E-state index contributed by atoms with van der Waals surface area (Å²) in [5.41, 5.74) is 1.19. The number of ether oxygens (including phenoxy) is 1. The Balaban J connectivity index is 2.23. The topological polar surface area (TPSA) is 66.8 Å². The van der Waals surface area contributed by atoms with E-state index in [0.717, 1.165) is 5.69 Å². The van der Waals surface area contributed by atoms with Gasteiger partial charge in [-0.05, 0) is 31.2 Å². The minimum absolute atomic E-state index is 0.00244. The molecule has 19 heavy (non-hydrogen) atoms. The fraction of sp³-hybridized carbons (Fsp3) is 0.429. The lowest BCUT2D eigenvalue weighted by Crippen LogP contribution is -2.33. The van der Waals surface area contributed by atoms with Gasteiger partial charge in [0.2, 0.25) is 5.91 Å². The number of esters is 1. The number of amides is 1. The number of hydrogen-bond acceptors (Lipinski definition) is 4. The highest BCUT2D eigenvalue weighted by Gasteiger charge is 2.37. The van der Waals surface area contributed by atoms with E-state index in [1.165, 1.54) is 7.11 Å². The number of hydrogen-bond donors (Lipinski definition) is 1. The highest BCUT2D eigenvalue weighted by Crippen LogP contribution is 2.30. The quantitative estimate of drug-likeness (QED) is 0.832. The number of aliphatic hydroxyl groups is 1. The van der Waals surface area contributed by atoms with Crippen LogP contribution in [0.25, 0.3) is 0 Å². The van der Waals surface area contributed by atoms with Gasteiger partial charge < -0.3 is 14.7 Å². The van der Waals surface area contributed by atoms with Crippen molar-refractivity contribution in [1.29, 1.82) is 0 Å². The van der Waals surface area contributed by atoms with E-state index in [9.17, 15) is 14.7 Å². The number of benzene rings is 1. The molecule has 5 heteroatoms. The van der Waals surface area contributed by atoms with Gasteiger partial charge in [-0.15, -0.1) is 0 Å². The van der Waals surface area contributed by atoms with Crippen molar-refractivity contribution in [3.05, 3.63) is 29.8 Å². The minimum atomic E-state index is -0.402. The third-order valence-corrected chi connectivity index (χ3v) is 3.60. The van der Waals surface area contributed by atoms with Crippen molar-refractivity contribution < 1.29 is 19.4 Å². The summed E-state index contributed by atoms with van der Waals surface area (Å²) < 4.78 is 4.63. The second-order valence-corrected chi connectivity index (χ2v) is 4.69. The Hall–Kier alpha value is -1.88. The van der Waals surface area contributed by atoms with E-state index in [4.69, 9.17) is 0 Å². The lowest BCUT2D eigenvalue weighted by molar-refractivity contribution is -0.117. The van der Waals surface area contributed by atoms with Gasteiger partial charge in [0.1, 0.15) is 0 Å². The summed E-state index contributed by atoms with van der Waals surface area (Å²) in [4.78, 5) is 25.0. The van der Waals surface area contributed by atoms with Crippen molar-refractivity contribution in [1.82, 2.24) is 0 Å². The van der Waals surface area contributed by atoms with Crippen LogP contribution >= 0.6 is 0 Å². The molecule has 1 saturated heterocycles. The van der Waals surface area contributed by atoms with E-state index in [2.05, 4.69) is 4.74 Å². The minimum Gasteiger partial charge on any atom is -0.465 e. The smallest absolute Gasteiger partial charge is 0.337 e. The summed E-state index contributed by atoms with van der Waals surface area (Å²) in [7, 11) is 1.33. The van der Waals surface area contributed by atoms with Crippen LogP contribution in [-0.2, 0) is 9.53 Å². The van der Waals surface area contributed by atoms with Crippen molar-refractivity contribution in [2.75, 3.05) is 18.6 Å². The zero-order valence-corrected chi connectivity index (χ0v) is 11.0. The van der Waals surface area contributed by atoms with Gasteiger partial charge in [0.25, 0.3) is 0 Å². The van der Waals surface area contributed by atoms with E-state index in [0.29, 0.717) is 12.0 Å². The maximum Gasteiger partial charge on any atom is 0.337 e. The summed E-state index contributed by atoms with van der Waals surface area (Å²) in [6.45, 7) is 1.92. The molecule has 0 saturated carbocycles. The van der Waals surface area contributed by atoms with Crippen LogP contribution in [0.1, 0.15) is 23.7 Å². The molecule has 1 amide bonds. The number of aliphatic hydroxyl groups excluding tert-OH is 1. The average molecular weight is 263 g/mol. The Morgan fingerprint density at radius 2 is 2.05 bits per heavy atom. The molecule has 1 fully saturated rings. The van der Waals surface area contributed by atoms with E-state index in [1.807, 2.05) is 6.92 Å². The average Bonchev–Trinajstić information content (AvgIpc) is 2.72. The summed E-state index contributed by atoms with van der Waals surface area (Å²) in [6, 6.07) is 6.67. The summed E-state index contributed by atoms with van der Waals surface area (Å²) >= 11 is 0. The Morgan fingerprint density at radius 3 is 2.53 bits per heavy atom. The fourth-order valence-electron chi connectivity index (χ4n) is 2.40. The molecule has 2 atom stereocenters. The van der Waals surface area contributed by atoms with Gasteiger partial charge in [0.05, 0.1) is 12.7 Å². The van der Waals surface area contributed by atoms with E-state index >= 15 is 0 Å². The highest BCUT2D eigenvalue weighted by atomic mass is 16.5. The van der Waals surface area contributed by atoms with Gasteiger partial charge in [-0.25, -0.2) is 4.79 Å². The standard InChI is InChI=1S/C14H17NO4/c1-9-11(8-16)7-13(17)15(9)12-5-3-10(4-6-12)14(18)19-2/h3-6,9,11,16H,7-8H2,1-2H3. The monoisotopic (exact) mass is 263 g/mol.